The summed E-state index contributed by atoms with van der Waals surface area (Å²) in [4.78, 5) is 12.9. The number of anilines is 2. The lowest BCUT2D eigenvalue weighted by atomic mass is 10.2. The summed E-state index contributed by atoms with van der Waals surface area (Å²) in [6.07, 6.45) is 1.61. The molecule has 13 heteroatoms. The van der Waals surface area contributed by atoms with E-state index in [-0.39, 0.29) is 32.6 Å². The average molecular weight is 551 g/mol. The Hall–Kier alpha value is -3.09. The van der Waals surface area contributed by atoms with Crippen molar-refractivity contribution in [3.05, 3.63) is 47.1 Å². The van der Waals surface area contributed by atoms with Crippen LogP contribution in [0.5, 0.6) is 0 Å². The number of rotatable bonds is 6. The lowest BCUT2D eigenvalue weighted by molar-refractivity contribution is -0.0363. The van der Waals surface area contributed by atoms with Crippen LogP contribution in [-0.2, 0) is 21.6 Å². The van der Waals surface area contributed by atoms with Crippen molar-refractivity contribution in [3.8, 4) is 11.4 Å². The van der Waals surface area contributed by atoms with Crippen LogP contribution < -0.4 is 5.32 Å². The summed E-state index contributed by atoms with van der Waals surface area (Å²) >= 11 is 6.29. The van der Waals surface area contributed by atoms with Gasteiger partial charge >= 0.3 is 0 Å². The van der Waals surface area contributed by atoms with Crippen LogP contribution in [0.1, 0.15) is 43.4 Å². The first kappa shape index (κ1) is 25.6. The molecular formula is C24H25ClF2N6O3S. The highest BCUT2D eigenvalue weighted by Crippen LogP contribution is 2.37. The Labute approximate surface area is 217 Å². The normalized spacial score (nSPS) is 16.6. The monoisotopic (exact) mass is 550 g/mol. The average Bonchev–Trinajstić information content (AvgIpc) is 3.38. The van der Waals surface area contributed by atoms with Crippen molar-refractivity contribution in [3.63, 3.8) is 0 Å². The summed E-state index contributed by atoms with van der Waals surface area (Å²) in [6.45, 7) is 2.29. The number of nitrogens with one attached hydrogen (secondary N) is 1. The molecule has 3 aromatic heterocycles. The van der Waals surface area contributed by atoms with Gasteiger partial charge in [-0.25, -0.2) is 32.2 Å². The number of benzene rings is 1. The molecular weight excluding hydrogens is 526 g/mol. The third kappa shape index (κ3) is 4.92. The molecule has 37 heavy (non-hydrogen) atoms. The molecule has 0 spiro atoms. The number of halogens is 3. The van der Waals surface area contributed by atoms with E-state index < -0.39 is 28.3 Å². The van der Waals surface area contributed by atoms with E-state index in [1.54, 1.807) is 12.1 Å². The Morgan fingerprint density at radius 1 is 1.16 bits per heavy atom. The van der Waals surface area contributed by atoms with E-state index in [1.165, 1.54) is 16.7 Å². The number of hydrogen-bond donors (Lipinski definition) is 1. The molecule has 1 saturated heterocycles. The molecule has 1 aliphatic heterocycles. The van der Waals surface area contributed by atoms with Gasteiger partial charge in [-0.3, -0.25) is 4.57 Å². The molecule has 196 valence electrons. The quantitative estimate of drug-likeness (QED) is 0.313. The number of pyridine rings is 1. The Balaban J connectivity index is 1.64. The van der Waals surface area contributed by atoms with Gasteiger partial charge in [0, 0.05) is 37.7 Å². The summed E-state index contributed by atoms with van der Waals surface area (Å²) in [6, 6.07) is 6.29. The molecule has 0 saturated carbocycles. The third-order valence-corrected chi connectivity index (χ3v) is 7.52. The summed E-state index contributed by atoms with van der Waals surface area (Å²) in [7, 11) is -1.88. The van der Waals surface area contributed by atoms with Gasteiger partial charge in [0.15, 0.2) is 21.3 Å². The predicted molar refractivity (Wildman–Crippen MR) is 136 cm³/mol. The maximum atomic E-state index is 14.0. The Bertz CT molecular complexity index is 1600. The van der Waals surface area contributed by atoms with Crippen LogP contribution in [0.15, 0.2) is 35.4 Å². The fourth-order valence-electron chi connectivity index (χ4n) is 4.61. The molecule has 9 nitrogen and oxygen atoms in total. The van der Waals surface area contributed by atoms with Crippen molar-refractivity contribution in [2.45, 2.75) is 43.7 Å². The highest BCUT2D eigenvalue weighted by molar-refractivity contribution is 7.90. The largest absolute Gasteiger partial charge is 0.358 e. The van der Waals surface area contributed by atoms with E-state index in [2.05, 4.69) is 20.3 Å². The van der Waals surface area contributed by atoms with E-state index in [0.29, 0.717) is 24.4 Å². The molecule has 1 aliphatic rings. The van der Waals surface area contributed by atoms with Gasteiger partial charge < -0.3 is 14.6 Å². The highest BCUT2D eigenvalue weighted by Gasteiger charge is 2.29. The molecule has 1 unspecified atom stereocenters. The van der Waals surface area contributed by atoms with Crippen LogP contribution >= 0.6 is 11.6 Å². The molecule has 1 N–H and O–H groups in total. The van der Waals surface area contributed by atoms with Crippen LogP contribution in [0.25, 0.3) is 22.6 Å². The second kappa shape index (κ2) is 9.66. The molecule has 1 fully saturated rings. The smallest absolute Gasteiger partial charge is 0.295 e. The molecule has 0 radical (unpaired) electrons. The van der Waals surface area contributed by atoms with E-state index in [0.717, 1.165) is 24.8 Å². The van der Waals surface area contributed by atoms with Crippen LogP contribution in [0.4, 0.5) is 20.2 Å². The standard InChI is InChI=1S/C24H25ClF2N6O3S/c1-13-12-32(2)22(28-13)14-7-8-15(17(10-14)37(3,34)35)29-16-11-18(25)30-23-20(16)31-24(21(26)27)33(23)19-6-4-5-9-36-19/h7-8,10-12,19,21H,4-6,9H2,1-3H3,(H,29,30). The summed E-state index contributed by atoms with van der Waals surface area (Å²) in [5.41, 5.74) is 2.16. The lowest BCUT2D eigenvalue weighted by Gasteiger charge is -2.25. The molecule has 1 aromatic carbocycles. The van der Waals surface area contributed by atoms with Crippen LogP contribution in [0.3, 0.4) is 0 Å². The summed E-state index contributed by atoms with van der Waals surface area (Å²) in [5.74, 6) is 0.125. The van der Waals surface area contributed by atoms with Gasteiger partial charge in [0.05, 0.1) is 22.0 Å². The number of aryl methyl sites for hydroxylation is 2. The van der Waals surface area contributed by atoms with Gasteiger partial charge in [-0.15, -0.1) is 0 Å². The van der Waals surface area contributed by atoms with Crippen molar-refractivity contribution < 1.29 is 21.9 Å². The second-order valence-electron chi connectivity index (χ2n) is 9.05. The van der Waals surface area contributed by atoms with E-state index in [1.807, 2.05) is 24.7 Å². The second-order valence-corrected chi connectivity index (χ2v) is 11.4. The SMILES string of the molecule is Cc1cn(C)c(-c2ccc(Nc3cc(Cl)nc4c3nc(C(F)F)n4C3CCCCO3)c(S(C)(=O)=O)c2)n1. The fraction of sp³-hybridized carbons (Fsp3) is 0.375. The van der Waals surface area contributed by atoms with Crippen LogP contribution in [0.2, 0.25) is 5.15 Å². The van der Waals surface area contributed by atoms with E-state index >= 15 is 0 Å². The minimum absolute atomic E-state index is 0.0101. The molecule has 0 amide bonds. The van der Waals surface area contributed by atoms with Crippen LogP contribution in [0, 0.1) is 6.92 Å². The Morgan fingerprint density at radius 2 is 1.95 bits per heavy atom. The molecule has 1 atom stereocenters. The van der Waals surface area contributed by atoms with Gasteiger partial charge in [-0.05, 0) is 44.4 Å². The van der Waals surface area contributed by atoms with Gasteiger partial charge in [0.25, 0.3) is 6.43 Å². The maximum Gasteiger partial charge on any atom is 0.295 e. The minimum atomic E-state index is -3.70. The predicted octanol–water partition coefficient (Wildman–Crippen LogP) is 5.58. The first-order valence-electron chi connectivity index (χ1n) is 11.6. The van der Waals surface area contributed by atoms with Crippen molar-refractivity contribution in [1.82, 2.24) is 24.1 Å². The maximum absolute atomic E-state index is 14.0. The van der Waals surface area contributed by atoms with Crippen molar-refractivity contribution in [2.75, 3.05) is 18.2 Å². The lowest BCUT2D eigenvalue weighted by Crippen LogP contribution is -2.20. The zero-order valence-corrected chi connectivity index (χ0v) is 21.9. The number of alkyl halides is 2. The van der Waals surface area contributed by atoms with Crippen molar-refractivity contribution in [2.24, 2.45) is 7.05 Å². The van der Waals surface area contributed by atoms with Gasteiger partial charge in [-0.1, -0.05) is 11.6 Å². The molecule has 5 rings (SSSR count). The van der Waals surface area contributed by atoms with Crippen molar-refractivity contribution in [1.29, 1.82) is 0 Å². The van der Waals surface area contributed by atoms with Crippen molar-refractivity contribution >= 4 is 44.0 Å². The number of sulfone groups is 1. The summed E-state index contributed by atoms with van der Waals surface area (Å²) < 4.78 is 62.4. The molecule has 4 aromatic rings. The van der Waals surface area contributed by atoms with E-state index in [4.69, 9.17) is 16.3 Å². The van der Waals surface area contributed by atoms with Gasteiger partial charge in [0.2, 0.25) is 0 Å². The molecule has 0 aliphatic carbocycles. The topological polar surface area (TPSA) is 104 Å². The Kier molecular flexibility index (Phi) is 6.67. The number of hydrogen-bond acceptors (Lipinski definition) is 7. The summed E-state index contributed by atoms with van der Waals surface area (Å²) in [5, 5.41) is 3.09. The number of nitrogens with zero attached hydrogens (tertiary/aromatic N) is 5. The molecule has 4 heterocycles. The van der Waals surface area contributed by atoms with Gasteiger partial charge in [0.1, 0.15) is 22.7 Å². The number of aromatic nitrogens is 5. The highest BCUT2D eigenvalue weighted by atomic mass is 35.5. The first-order chi connectivity index (χ1) is 17.5. The number of imidazole rings is 2. The van der Waals surface area contributed by atoms with Crippen LogP contribution in [-0.4, -0.2) is 45.4 Å². The first-order valence-corrected chi connectivity index (χ1v) is 13.9. The number of fused-ring (bicyclic) bond motifs is 1. The third-order valence-electron chi connectivity index (χ3n) is 6.19. The minimum Gasteiger partial charge on any atom is -0.358 e. The zero-order chi connectivity index (χ0) is 26.5. The molecule has 0 bridgehead atoms. The zero-order valence-electron chi connectivity index (χ0n) is 20.4. The van der Waals surface area contributed by atoms with E-state index in [9.17, 15) is 17.2 Å². The Morgan fingerprint density at radius 3 is 2.57 bits per heavy atom. The van der Waals surface area contributed by atoms with Gasteiger partial charge in [-0.2, -0.15) is 0 Å². The number of ether oxygens (including phenoxy) is 1. The fourth-order valence-corrected chi connectivity index (χ4v) is 5.66.